The smallest absolute Gasteiger partial charge is 0.270 e. The molecule has 1 N–H and O–H groups in total. The summed E-state index contributed by atoms with van der Waals surface area (Å²) in [6, 6.07) is 12.0. The Morgan fingerprint density at radius 2 is 1.73 bits per heavy atom. The number of nitro groups is 2. The molecular weight excluding hydrogens is 312 g/mol. The van der Waals surface area contributed by atoms with Crippen molar-refractivity contribution in [1.82, 2.24) is 0 Å². The van der Waals surface area contributed by atoms with E-state index in [2.05, 4.69) is 10.5 Å². The second-order valence-electron chi connectivity index (χ2n) is 4.10. The van der Waals surface area contributed by atoms with E-state index in [1.165, 1.54) is 6.07 Å². The van der Waals surface area contributed by atoms with Crippen LogP contribution in [-0.4, -0.2) is 15.0 Å². The lowest BCUT2D eigenvalue weighted by Crippen LogP contribution is -2.01. The number of non-ortho nitro benzene ring substituents is 1. The van der Waals surface area contributed by atoms with Crippen LogP contribution < -0.4 is 5.43 Å². The lowest BCUT2D eigenvalue weighted by atomic mass is 10.2. The van der Waals surface area contributed by atoms with E-state index >= 15 is 0 Å². The van der Waals surface area contributed by atoms with Crippen LogP contribution in [0.15, 0.2) is 53.6 Å². The third-order valence-electron chi connectivity index (χ3n) is 2.68. The Kier molecular flexibility index (Phi) is 4.64. The number of hydrogen-bond acceptors (Lipinski definition) is 6. The van der Waals surface area contributed by atoms with Crippen molar-refractivity contribution < 1.29 is 9.85 Å². The molecule has 2 aromatic rings. The van der Waals surface area contributed by atoms with Gasteiger partial charge in [0.1, 0.15) is 5.69 Å². The summed E-state index contributed by atoms with van der Waals surface area (Å²) in [5.41, 5.74) is 2.24. The molecule has 0 fully saturated rings. The Bertz CT molecular complexity index is 749. The van der Waals surface area contributed by atoms with Crippen molar-refractivity contribution in [1.29, 1.82) is 0 Å². The lowest BCUT2D eigenvalue weighted by molar-refractivity contribution is -0.393. The molecule has 0 aliphatic rings. The molecular formula is C13H9ClN4O4. The first-order valence-corrected chi connectivity index (χ1v) is 6.34. The normalized spacial score (nSPS) is 11.0. The van der Waals surface area contributed by atoms with Crippen molar-refractivity contribution in [2.45, 2.75) is 0 Å². The largest absolute Gasteiger partial charge is 0.301 e. The average molecular weight is 321 g/mol. The molecule has 0 aliphatic heterocycles. The fourth-order valence-corrected chi connectivity index (χ4v) is 1.80. The van der Waals surface area contributed by atoms with Gasteiger partial charge in [-0.05, 0) is 6.07 Å². The maximum absolute atomic E-state index is 11.0. The van der Waals surface area contributed by atoms with Gasteiger partial charge in [-0.3, -0.25) is 25.7 Å². The highest BCUT2D eigenvalue weighted by atomic mass is 35.5. The maximum Gasteiger partial charge on any atom is 0.301 e. The zero-order valence-electron chi connectivity index (χ0n) is 11.0. The van der Waals surface area contributed by atoms with Crippen LogP contribution in [0, 0.1) is 20.2 Å². The number of nitro benzene ring substituents is 2. The van der Waals surface area contributed by atoms with Gasteiger partial charge in [0.05, 0.1) is 15.9 Å². The monoisotopic (exact) mass is 320 g/mol. The van der Waals surface area contributed by atoms with E-state index in [9.17, 15) is 20.2 Å². The molecule has 112 valence electrons. The summed E-state index contributed by atoms with van der Waals surface area (Å²) in [6.07, 6.45) is 0. The SMILES string of the molecule is O=[N+]([O-])c1ccc(NN=C(Cl)c2ccccc2)c([N+](=O)[O-])c1. The van der Waals surface area contributed by atoms with Crippen molar-refractivity contribution in [3.8, 4) is 0 Å². The number of nitrogens with zero attached hydrogens (tertiary/aromatic N) is 3. The molecule has 0 heterocycles. The molecule has 0 saturated carbocycles. The van der Waals surface area contributed by atoms with Gasteiger partial charge in [-0.15, -0.1) is 0 Å². The number of rotatable bonds is 5. The summed E-state index contributed by atoms with van der Waals surface area (Å²) < 4.78 is 0. The quantitative estimate of drug-likeness (QED) is 0.514. The number of benzene rings is 2. The van der Waals surface area contributed by atoms with Gasteiger partial charge in [0.15, 0.2) is 5.17 Å². The number of nitrogens with one attached hydrogen (secondary N) is 1. The van der Waals surface area contributed by atoms with E-state index in [0.29, 0.717) is 5.56 Å². The molecule has 0 amide bonds. The van der Waals surface area contributed by atoms with Gasteiger partial charge in [0.2, 0.25) is 0 Å². The highest BCUT2D eigenvalue weighted by molar-refractivity contribution is 6.69. The first-order valence-electron chi connectivity index (χ1n) is 5.96. The van der Waals surface area contributed by atoms with Crippen LogP contribution in [0.2, 0.25) is 0 Å². The predicted octanol–water partition coefficient (Wildman–Crippen LogP) is 3.52. The van der Waals surface area contributed by atoms with Crippen LogP contribution in [0.3, 0.4) is 0 Å². The minimum absolute atomic E-state index is 0.00433. The van der Waals surface area contributed by atoms with Crippen molar-refractivity contribution in [2.75, 3.05) is 5.43 Å². The molecule has 8 nitrogen and oxygen atoms in total. The van der Waals surface area contributed by atoms with E-state index in [1.54, 1.807) is 24.3 Å². The molecule has 22 heavy (non-hydrogen) atoms. The van der Waals surface area contributed by atoms with Crippen molar-refractivity contribution in [3.63, 3.8) is 0 Å². The number of anilines is 1. The molecule has 0 atom stereocenters. The highest BCUT2D eigenvalue weighted by Gasteiger charge is 2.19. The molecule has 0 bridgehead atoms. The fraction of sp³-hybridized carbons (Fsp3) is 0. The van der Waals surface area contributed by atoms with Crippen LogP contribution in [0.5, 0.6) is 0 Å². The van der Waals surface area contributed by atoms with Crippen molar-refractivity contribution >= 4 is 33.8 Å². The first kappa shape index (κ1) is 15.4. The number of hydrazone groups is 1. The van der Waals surface area contributed by atoms with Gasteiger partial charge in [-0.1, -0.05) is 41.9 Å². The Morgan fingerprint density at radius 1 is 1.05 bits per heavy atom. The van der Waals surface area contributed by atoms with Gasteiger partial charge in [-0.25, -0.2) is 0 Å². The van der Waals surface area contributed by atoms with Crippen molar-refractivity contribution in [2.24, 2.45) is 5.10 Å². The summed E-state index contributed by atoms with van der Waals surface area (Å²) in [5, 5.41) is 25.6. The fourth-order valence-electron chi connectivity index (χ4n) is 1.63. The Morgan fingerprint density at radius 3 is 2.32 bits per heavy atom. The topological polar surface area (TPSA) is 111 Å². The summed E-state index contributed by atoms with van der Waals surface area (Å²) >= 11 is 5.98. The third kappa shape index (κ3) is 3.55. The van der Waals surface area contributed by atoms with E-state index in [0.717, 1.165) is 12.1 Å². The minimum Gasteiger partial charge on any atom is -0.270 e. The second-order valence-corrected chi connectivity index (χ2v) is 4.45. The average Bonchev–Trinajstić information content (AvgIpc) is 2.53. The predicted molar refractivity (Wildman–Crippen MR) is 82.2 cm³/mol. The third-order valence-corrected chi connectivity index (χ3v) is 2.98. The summed E-state index contributed by atoms with van der Waals surface area (Å²) in [7, 11) is 0. The van der Waals surface area contributed by atoms with Crippen LogP contribution in [0.1, 0.15) is 5.56 Å². The van der Waals surface area contributed by atoms with E-state index in [4.69, 9.17) is 11.6 Å². The number of hydrogen-bond donors (Lipinski definition) is 1. The Balaban J connectivity index is 2.30. The number of halogens is 1. The maximum atomic E-state index is 11.0. The summed E-state index contributed by atoms with van der Waals surface area (Å²) in [4.78, 5) is 20.2. The zero-order valence-corrected chi connectivity index (χ0v) is 11.7. The van der Waals surface area contributed by atoms with E-state index in [1.807, 2.05) is 6.07 Å². The van der Waals surface area contributed by atoms with Crippen LogP contribution in [-0.2, 0) is 0 Å². The van der Waals surface area contributed by atoms with E-state index in [-0.39, 0.29) is 16.5 Å². The lowest BCUT2D eigenvalue weighted by Gasteiger charge is -2.03. The molecule has 0 aliphatic carbocycles. The minimum atomic E-state index is -0.735. The van der Waals surface area contributed by atoms with Crippen LogP contribution in [0.4, 0.5) is 17.1 Å². The van der Waals surface area contributed by atoms with Gasteiger partial charge < -0.3 is 0 Å². The van der Waals surface area contributed by atoms with Crippen LogP contribution in [0.25, 0.3) is 0 Å². The second kappa shape index (κ2) is 6.64. The van der Waals surface area contributed by atoms with Gasteiger partial charge >= 0.3 is 5.69 Å². The van der Waals surface area contributed by atoms with E-state index < -0.39 is 15.5 Å². The summed E-state index contributed by atoms with van der Waals surface area (Å²) in [6.45, 7) is 0. The Hall–Kier alpha value is -3.00. The first-order chi connectivity index (χ1) is 10.5. The van der Waals surface area contributed by atoms with Gasteiger partial charge in [-0.2, -0.15) is 5.10 Å². The molecule has 0 spiro atoms. The standard InChI is InChI=1S/C13H9ClN4O4/c14-13(9-4-2-1-3-5-9)16-15-11-7-6-10(17(19)20)8-12(11)18(21)22/h1-8,15H. The molecule has 2 aromatic carbocycles. The molecule has 0 aromatic heterocycles. The zero-order chi connectivity index (χ0) is 16.1. The highest BCUT2D eigenvalue weighted by Crippen LogP contribution is 2.29. The van der Waals surface area contributed by atoms with Crippen LogP contribution >= 0.6 is 11.6 Å². The molecule has 0 radical (unpaired) electrons. The molecule has 2 rings (SSSR count). The molecule has 0 saturated heterocycles. The van der Waals surface area contributed by atoms with Gasteiger partial charge in [0.25, 0.3) is 5.69 Å². The molecule has 0 unspecified atom stereocenters. The summed E-state index contributed by atoms with van der Waals surface area (Å²) in [5.74, 6) is 0. The Labute approximate surface area is 129 Å². The molecule has 9 heteroatoms. The van der Waals surface area contributed by atoms with Gasteiger partial charge in [0, 0.05) is 11.6 Å². The van der Waals surface area contributed by atoms with Crippen molar-refractivity contribution in [3.05, 3.63) is 74.3 Å².